The Morgan fingerprint density at radius 2 is 1.62 bits per heavy atom. The molecule has 1 heterocycles. The number of fused-ring (bicyclic) bond motifs is 1. The zero-order valence-corrected chi connectivity index (χ0v) is 28.2. The molecular weight excluding hydrogens is 584 g/mol. The molecule has 0 radical (unpaired) electrons. The molecule has 2 fully saturated rings. The van der Waals surface area contributed by atoms with Gasteiger partial charge in [-0.3, -0.25) is 14.4 Å². The van der Waals surface area contributed by atoms with Gasteiger partial charge in [0.05, 0.1) is 16.9 Å². The number of hydrogen-bond donors (Lipinski definition) is 3. The molecule has 5 rings (SSSR count). The van der Waals surface area contributed by atoms with E-state index in [1.165, 1.54) is 12.0 Å². The van der Waals surface area contributed by atoms with Crippen LogP contribution in [-0.2, 0) is 32.8 Å². The molecule has 7 nitrogen and oxygen atoms in total. The molecule has 2 aliphatic carbocycles. The van der Waals surface area contributed by atoms with Crippen molar-refractivity contribution in [1.82, 2.24) is 15.5 Å². The Kier molecular flexibility index (Phi) is 10.0. The molecular formula is C37H51ClN4O3. The predicted molar refractivity (Wildman–Crippen MR) is 180 cm³/mol. The highest BCUT2D eigenvalue weighted by molar-refractivity contribution is 6.30. The van der Waals surface area contributed by atoms with Crippen LogP contribution in [-0.4, -0.2) is 47.3 Å². The van der Waals surface area contributed by atoms with Crippen molar-refractivity contribution in [3.8, 4) is 0 Å². The van der Waals surface area contributed by atoms with Crippen molar-refractivity contribution in [2.24, 2.45) is 23.0 Å². The van der Waals surface area contributed by atoms with Gasteiger partial charge in [0.2, 0.25) is 17.7 Å². The van der Waals surface area contributed by atoms with Gasteiger partial charge in [0, 0.05) is 30.1 Å². The molecule has 0 spiro atoms. The lowest BCUT2D eigenvalue weighted by atomic mass is 9.63. The number of nitrogens with one attached hydrogen (secondary N) is 2. The van der Waals surface area contributed by atoms with Crippen LogP contribution in [0.1, 0.15) is 95.8 Å². The molecule has 3 amide bonds. The number of benzene rings is 2. The minimum Gasteiger partial charge on any atom is -0.351 e. The number of halogens is 1. The number of amides is 3. The van der Waals surface area contributed by atoms with Crippen molar-refractivity contribution < 1.29 is 14.4 Å². The minimum absolute atomic E-state index is 0.110. The molecule has 244 valence electrons. The van der Waals surface area contributed by atoms with Crippen LogP contribution >= 0.6 is 11.6 Å². The third-order valence-electron chi connectivity index (χ3n) is 10.6. The molecule has 8 heteroatoms. The van der Waals surface area contributed by atoms with Gasteiger partial charge in [-0.1, -0.05) is 67.3 Å². The highest BCUT2D eigenvalue weighted by atomic mass is 35.5. The Morgan fingerprint density at radius 1 is 0.978 bits per heavy atom. The first-order chi connectivity index (χ1) is 21.3. The van der Waals surface area contributed by atoms with Crippen LogP contribution < -0.4 is 16.4 Å². The number of carbonyl (C=O) groups is 3. The molecule has 2 aromatic rings. The van der Waals surface area contributed by atoms with E-state index in [1.54, 1.807) is 0 Å². The number of rotatable bonds is 7. The molecule has 3 aliphatic rings. The second kappa shape index (κ2) is 13.4. The molecule has 4 N–H and O–H groups in total. The van der Waals surface area contributed by atoms with E-state index in [1.807, 2.05) is 75.1 Å². The van der Waals surface area contributed by atoms with Crippen LogP contribution in [0.15, 0.2) is 48.5 Å². The lowest BCUT2D eigenvalue weighted by molar-refractivity contribution is -0.147. The summed E-state index contributed by atoms with van der Waals surface area (Å²) in [5.41, 5.74) is 8.29. The van der Waals surface area contributed by atoms with Crippen LogP contribution in [0.25, 0.3) is 0 Å². The number of nitrogens with zero attached hydrogens (tertiary/aromatic N) is 1. The predicted octanol–water partition coefficient (Wildman–Crippen LogP) is 5.91. The smallest absolute Gasteiger partial charge is 0.245 e. The fraction of sp³-hybridized carbons (Fsp3) is 0.595. The molecule has 3 atom stereocenters. The van der Waals surface area contributed by atoms with E-state index in [-0.39, 0.29) is 23.3 Å². The SMILES string of the molecule is CC(C)(C)NC(=O)C1(C2CCCCC2)CCN(C(=O)C(Cc2ccc(Cl)cc2)NC(=O)[C@@H]2CCc3ccccc3[C@]2(C)N)CC1. The van der Waals surface area contributed by atoms with Gasteiger partial charge in [-0.05, 0) is 101 Å². The van der Waals surface area contributed by atoms with Crippen molar-refractivity contribution >= 4 is 29.3 Å². The van der Waals surface area contributed by atoms with E-state index < -0.39 is 22.9 Å². The lowest BCUT2D eigenvalue weighted by Gasteiger charge is -2.48. The fourth-order valence-electron chi connectivity index (χ4n) is 8.07. The first-order valence-electron chi connectivity index (χ1n) is 16.8. The van der Waals surface area contributed by atoms with Gasteiger partial charge in [-0.2, -0.15) is 0 Å². The molecule has 1 saturated carbocycles. The monoisotopic (exact) mass is 634 g/mol. The average molecular weight is 635 g/mol. The number of nitrogens with two attached hydrogens (primary N) is 1. The van der Waals surface area contributed by atoms with Gasteiger partial charge in [0.1, 0.15) is 6.04 Å². The Hall–Kier alpha value is -2.90. The maximum Gasteiger partial charge on any atom is 0.245 e. The Bertz CT molecular complexity index is 1370. The summed E-state index contributed by atoms with van der Waals surface area (Å²) < 4.78 is 0. The normalized spacial score (nSPS) is 24.3. The lowest BCUT2D eigenvalue weighted by Crippen LogP contribution is -2.60. The van der Waals surface area contributed by atoms with Crippen LogP contribution in [0.2, 0.25) is 5.02 Å². The van der Waals surface area contributed by atoms with Crippen LogP contribution in [0.4, 0.5) is 0 Å². The molecule has 45 heavy (non-hydrogen) atoms. The fourth-order valence-corrected chi connectivity index (χ4v) is 8.20. The average Bonchev–Trinajstić information content (AvgIpc) is 3.01. The van der Waals surface area contributed by atoms with Gasteiger partial charge < -0.3 is 21.3 Å². The summed E-state index contributed by atoms with van der Waals surface area (Å²) >= 11 is 6.16. The summed E-state index contributed by atoms with van der Waals surface area (Å²) in [6.07, 6.45) is 8.64. The van der Waals surface area contributed by atoms with Gasteiger partial charge in [-0.15, -0.1) is 0 Å². The highest BCUT2D eigenvalue weighted by Gasteiger charge is 2.49. The zero-order chi connectivity index (χ0) is 32.4. The number of hydrogen-bond acceptors (Lipinski definition) is 4. The van der Waals surface area contributed by atoms with Crippen LogP contribution in [0, 0.1) is 17.3 Å². The maximum atomic E-state index is 14.3. The van der Waals surface area contributed by atoms with E-state index >= 15 is 0 Å². The summed E-state index contributed by atoms with van der Waals surface area (Å²) in [5.74, 6) is -0.317. The molecule has 2 aromatic carbocycles. The summed E-state index contributed by atoms with van der Waals surface area (Å²) in [7, 11) is 0. The van der Waals surface area contributed by atoms with E-state index in [0.29, 0.717) is 49.7 Å². The second-order valence-electron chi connectivity index (χ2n) is 14.9. The summed E-state index contributed by atoms with van der Waals surface area (Å²) in [6, 6.07) is 14.7. The quantitative estimate of drug-likeness (QED) is 0.352. The van der Waals surface area contributed by atoms with Crippen molar-refractivity contribution in [1.29, 1.82) is 0 Å². The van der Waals surface area contributed by atoms with E-state index in [4.69, 9.17) is 17.3 Å². The molecule has 1 unspecified atom stereocenters. The summed E-state index contributed by atoms with van der Waals surface area (Å²) in [5, 5.41) is 7.05. The summed E-state index contributed by atoms with van der Waals surface area (Å²) in [4.78, 5) is 44.0. The minimum atomic E-state index is -0.849. The first kappa shape index (κ1) is 33.5. The van der Waals surface area contributed by atoms with Crippen LogP contribution in [0.5, 0.6) is 0 Å². The molecule has 0 bridgehead atoms. The van der Waals surface area contributed by atoms with Crippen molar-refractivity contribution in [3.05, 3.63) is 70.2 Å². The van der Waals surface area contributed by atoms with Crippen molar-refractivity contribution in [3.63, 3.8) is 0 Å². The third-order valence-corrected chi connectivity index (χ3v) is 10.9. The van der Waals surface area contributed by atoms with Gasteiger partial charge >= 0.3 is 0 Å². The molecule has 1 saturated heterocycles. The van der Waals surface area contributed by atoms with Gasteiger partial charge in [0.15, 0.2) is 0 Å². The number of carbonyl (C=O) groups excluding carboxylic acids is 3. The van der Waals surface area contributed by atoms with Crippen molar-refractivity contribution in [2.75, 3.05) is 13.1 Å². The van der Waals surface area contributed by atoms with E-state index in [0.717, 1.165) is 43.2 Å². The zero-order valence-electron chi connectivity index (χ0n) is 27.5. The van der Waals surface area contributed by atoms with E-state index in [9.17, 15) is 14.4 Å². The van der Waals surface area contributed by atoms with Gasteiger partial charge in [-0.25, -0.2) is 0 Å². The Labute approximate surface area is 274 Å². The van der Waals surface area contributed by atoms with Crippen molar-refractivity contribution in [2.45, 2.75) is 109 Å². The number of aryl methyl sites for hydroxylation is 1. The van der Waals surface area contributed by atoms with Gasteiger partial charge in [0.25, 0.3) is 0 Å². The third kappa shape index (κ3) is 7.41. The number of piperidine rings is 1. The maximum absolute atomic E-state index is 14.3. The summed E-state index contributed by atoms with van der Waals surface area (Å²) in [6.45, 7) is 8.98. The Balaban J connectivity index is 1.35. The Morgan fingerprint density at radius 3 is 2.27 bits per heavy atom. The molecule has 0 aromatic heterocycles. The standard InChI is InChI=1S/C37H51ClN4O3/c1-35(2,3)41-34(45)37(27-11-6-5-7-12-27)20-22-42(23-21-37)33(44)31(24-25-14-17-28(38)18-15-25)40-32(43)30-19-16-26-10-8-9-13-29(26)36(30,4)39/h8-10,13-15,17-18,27,30-31H,5-7,11-12,16,19-24,39H2,1-4H3,(H,40,43)(H,41,45)/t30-,31?,36-/m0/s1. The molecule has 1 aliphatic heterocycles. The van der Waals surface area contributed by atoms with Crippen LogP contribution in [0.3, 0.4) is 0 Å². The largest absolute Gasteiger partial charge is 0.351 e. The second-order valence-corrected chi connectivity index (χ2v) is 15.4. The highest BCUT2D eigenvalue weighted by Crippen LogP contribution is 2.46. The number of likely N-dealkylation sites (tertiary alicyclic amines) is 1. The topological polar surface area (TPSA) is 105 Å². The van der Waals surface area contributed by atoms with E-state index in [2.05, 4.69) is 16.7 Å². The first-order valence-corrected chi connectivity index (χ1v) is 17.2.